The van der Waals surface area contributed by atoms with Crippen molar-refractivity contribution in [3.8, 4) is 0 Å². The molecule has 1 fully saturated rings. The van der Waals surface area contributed by atoms with Gasteiger partial charge in [-0.25, -0.2) is 9.98 Å². The van der Waals surface area contributed by atoms with Gasteiger partial charge in [-0.15, -0.1) is 11.3 Å². The summed E-state index contributed by atoms with van der Waals surface area (Å²) in [7, 11) is 0. The lowest BCUT2D eigenvalue weighted by Crippen LogP contribution is -2.40. The van der Waals surface area contributed by atoms with Crippen LogP contribution in [-0.2, 0) is 13.0 Å². The molecule has 0 aliphatic carbocycles. The molecule has 0 saturated carbocycles. The van der Waals surface area contributed by atoms with E-state index < -0.39 is 0 Å². The summed E-state index contributed by atoms with van der Waals surface area (Å²) in [5, 5.41) is 3.45. The second-order valence-electron chi connectivity index (χ2n) is 6.32. The van der Waals surface area contributed by atoms with Crippen LogP contribution in [-0.4, -0.2) is 35.5 Å². The molecule has 0 spiro atoms. The predicted octanol–water partition coefficient (Wildman–Crippen LogP) is 3.48. The van der Waals surface area contributed by atoms with E-state index in [9.17, 15) is 0 Å². The van der Waals surface area contributed by atoms with E-state index in [4.69, 9.17) is 4.99 Å². The van der Waals surface area contributed by atoms with Crippen molar-refractivity contribution in [1.29, 1.82) is 0 Å². The largest absolute Gasteiger partial charge is 0.357 e. The maximum absolute atomic E-state index is 4.84. The number of guanidine groups is 1. The average Bonchev–Trinajstić information content (AvgIpc) is 3.22. The van der Waals surface area contributed by atoms with Gasteiger partial charge < -0.3 is 10.2 Å². The molecule has 1 N–H and O–H groups in total. The van der Waals surface area contributed by atoms with Gasteiger partial charge in [0, 0.05) is 24.5 Å². The van der Waals surface area contributed by atoms with Crippen LogP contribution in [0.4, 0.5) is 0 Å². The Balaban J connectivity index is 1.61. The zero-order valence-electron chi connectivity index (χ0n) is 14.5. The number of hydrogen-bond acceptors (Lipinski definition) is 3. The number of nitrogens with one attached hydrogen (secondary N) is 1. The standard InChI is InChI=1S/C19H26N4S/c1-3-20-19(21-12-18-15(2)22-14-24-18)23-10-9-17(13-23)11-16-7-5-4-6-8-16/h4-8,14,17H,3,9-13H2,1-2H3,(H,20,21). The van der Waals surface area contributed by atoms with Crippen LogP contribution >= 0.6 is 11.3 Å². The maximum Gasteiger partial charge on any atom is 0.194 e. The molecule has 1 saturated heterocycles. The molecule has 0 amide bonds. The van der Waals surface area contributed by atoms with E-state index in [0.717, 1.165) is 44.3 Å². The number of nitrogens with zero attached hydrogens (tertiary/aromatic N) is 3. The third-order valence-electron chi connectivity index (χ3n) is 4.50. The molecular formula is C19H26N4S. The monoisotopic (exact) mass is 342 g/mol. The van der Waals surface area contributed by atoms with Crippen molar-refractivity contribution in [1.82, 2.24) is 15.2 Å². The molecule has 1 aliphatic heterocycles. The van der Waals surface area contributed by atoms with Crippen LogP contribution in [0.3, 0.4) is 0 Å². The van der Waals surface area contributed by atoms with E-state index in [1.165, 1.54) is 16.9 Å². The van der Waals surface area contributed by atoms with Gasteiger partial charge in [0.25, 0.3) is 0 Å². The first kappa shape index (κ1) is 17.0. The lowest BCUT2D eigenvalue weighted by Gasteiger charge is -2.21. The van der Waals surface area contributed by atoms with Crippen molar-refractivity contribution in [2.45, 2.75) is 33.2 Å². The fraction of sp³-hybridized carbons (Fsp3) is 0.474. The van der Waals surface area contributed by atoms with Crippen molar-refractivity contribution in [3.63, 3.8) is 0 Å². The van der Waals surface area contributed by atoms with Gasteiger partial charge in [0.2, 0.25) is 0 Å². The molecule has 4 nitrogen and oxygen atoms in total. The summed E-state index contributed by atoms with van der Waals surface area (Å²) in [6.45, 7) is 7.98. The summed E-state index contributed by atoms with van der Waals surface area (Å²) in [5.74, 6) is 1.75. The van der Waals surface area contributed by atoms with E-state index >= 15 is 0 Å². The highest BCUT2D eigenvalue weighted by molar-refractivity contribution is 7.09. The number of thiazole rings is 1. The molecule has 2 heterocycles. The normalized spacial score (nSPS) is 18.2. The molecular weight excluding hydrogens is 316 g/mol. The fourth-order valence-electron chi connectivity index (χ4n) is 3.19. The molecule has 128 valence electrons. The van der Waals surface area contributed by atoms with Crippen LogP contribution in [0.25, 0.3) is 0 Å². The molecule has 1 atom stereocenters. The van der Waals surface area contributed by atoms with E-state index in [-0.39, 0.29) is 0 Å². The topological polar surface area (TPSA) is 40.5 Å². The number of hydrogen-bond donors (Lipinski definition) is 1. The van der Waals surface area contributed by atoms with Gasteiger partial charge >= 0.3 is 0 Å². The van der Waals surface area contributed by atoms with Crippen LogP contribution in [0.5, 0.6) is 0 Å². The van der Waals surface area contributed by atoms with E-state index in [1.807, 2.05) is 5.51 Å². The smallest absolute Gasteiger partial charge is 0.194 e. The molecule has 1 aromatic carbocycles. The van der Waals surface area contributed by atoms with Gasteiger partial charge in [0.1, 0.15) is 0 Å². The third-order valence-corrected chi connectivity index (χ3v) is 5.42. The number of benzene rings is 1. The first-order valence-electron chi connectivity index (χ1n) is 8.72. The number of aliphatic imine (C=N–C) groups is 1. The molecule has 0 bridgehead atoms. The Kier molecular flexibility index (Phi) is 5.86. The Morgan fingerprint density at radius 3 is 2.92 bits per heavy atom. The maximum atomic E-state index is 4.84. The minimum Gasteiger partial charge on any atom is -0.357 e. The highest BCUT2D eigenvalue weighted by atomic mass is 32.1. The molecule has 1 aromatic heterocycles. The fourth-order valence-corrected chi connectivity index (χ4v) is 3.89. The van der Waals surface area contributed by atoms with Gasteiger partial charge in [0.05, 0.1) is 17.7 Å². The van der Waals surface area contributed by atoms with Crippen LogP contribution in [0.15, 0.2) is 40.8 Å². The molecule has 24 heavy (non-hydrogen) atoms. The van der Waals surface area contributed by atoms with Crippen molar-refractivity contribution in [3.05, 3.63) is 52.0 Å². The Morgan fingerprint density at radius 2 is 2.21 bits per heavy atom. The summed E-state index contributed by atoms with van der Waals surface area (Å²) in [4.78, 5) is 12.8. The van der Waals surface area contributed by atoms with Crippen molar-refractivity contribution >= 4 is 17.3 Å². The summed E-state index contributed by atoms with van der Waals surface area (Å²) in [6, 6.07) is 10.8. The van der Waals surface area contributed by atoms with Gasteiger partial charge in [-0.1, -0.05) is 30.3 Å². The van der Waals surface area contributed by atoms with Gasteiger partial charge in [-0.2, -0.15) is 0 Å². The molecule has 1 unspecified atom stereocenters. The van der Waals surface area contributed by atoms with E-state index in [0.29, 0.717) is 5.92 Å². The molecule has 5 heteroatoms. The predicted molar refractivity (Wildman–Crippen MR) is 101 cm³/mol. The van der Waals surface area contributed by atoms with Crippen LogP contribution < -0.4 is 5.32 Å². The van der Waals surface area contributed by atoms with Gasteiger partial charge in [-0.3, -0.25) is 0 Å². The van der Waals surface area contributed by atoms with E-state index in [1.54, 1.807) is 11.3 Å². The van der Waals surface area contributed by atoms with Crippen LogP contribution in [0, 0.1) is 12.8 Å². The highest BCUT2D eigenvalue weighted by Gasteiger charge is 2.25. The minimum absolute atomic E-state index is 0.710. The summed E-state index contributed by atoms with van der Waals surface area (Å²) < 4.78 is 0. The number of likely N-dealkylation sites (tertiary alicyclic amines) is 1. The Labute approximate surface area is 148 Å². The first-order valence-corrected chi connectivity index (χ1v) is 9.60. The molecule has 2 aromatic rings. The molecule has 0 radical (unpaired) electrons. The first-order chi connectivity index (χ1) is 11.8. The van der Waals surface area contributed by atoms with Crippen LogP contribution in [0.2, 0.25) is 0 Å². The van der Waals surface area contributed by atoms with Crippen molar-refractivity contribution in [2.24, 2.45) is 10.9 Å². The average molecular weight is 343 g/mol. The lowest BCUT2D eigenvalue weighted by molar-refractivity contribution is 0.460. The zero-order chi connectivity index (χ0) is 16.8. The number of aryl methyl sites for hydroxylation is 1. The number of aromatic nitrogens is 1. The minimum atomic E-state index is 0.710. The van der Waals surface area contributed by atoms with Gasteiger partial charge in [-0.05, 0) is 38.2 Å². The second kappa shape index (κ2) is 8.29. The third kappa shape index (κ3) is 4.35. The van der Waals surface area contributed by atoms with Crippen molar-refractivity contribution in [2.75, 3.05) is 19.6 Å². The quantitative estimate of drug-likeness (QED) is 0.668. The molecule has 1 aliphatic rings. The van der Waals surface area contributed by atoms with E-state index in [2.05, 4.69) is 59.4 Å². The highest BCUT2D eigenvalue weighted by Crippen LogP contribution is 2.21. The zero-order valence-corrected chi connectivity index (χ0v) is 15.4. The van der Waals surface area contributed by atoms with Crippen LogP contribution in [0.1, 0.15) is 29.5 Å². The number of rotatable bonds is 5. The van der Waals surface area contributed by atoms with Crippen molar-refractivity contribution < 1.29 is 0 Å². The summed E-state index contributed by atoms with van der Waals surface area (Å²) >= 11 is 1.69. The lowest BCUT2D eigenvalue weighted by atomic mass is 9.99. The Bertz CT molecular complexity index is 665. The summed E-state index contributed by atoms with van der Waals surface area (Å²) in [6.07, 6.45) is 2.39. The Hall–Kier alpha value is -1.88. The van der Waals surface area contributed by atoms with Gasteiger partial charge in [0.15, 0.2) is 5.96 Å². The summed E-state index contributed by atoms with van der Waals surface area (Å²) in [5.41, 5.74) is 4.44. The second-order valence-corrected chi connectivity index (χ2v) is 7.26. The molecule has 3 rings (SSSR count). The Morgan fingerprint density at radius 1 is 1.38 bits per heavy atom. The SMILES string of the molecule is CCNC(=NCc1scnc1C)N1CCC(Cc2ccccc2)C1.